The highest BCUT2D eigenvalue weighted by atomic mass is 16.3. The Bertz CT molecular complexity index is 2780. The van der Waals surface area contributed by atoms with Crippen LogP contribution in [-0.2, 0) is 5.41 Å². The summed E-state index contributed by atoms with van der Waals surface area (Å²) in [4.78, 5) is 15.8. The molecular weight excluding hydrogens is 611 g/mol. The SMILES string of the molecule is CC1(C)c2ccccc2-c2c(-c3nc(-c4ccccc4)nc(-c4cc5c6ccccc6oc5c5ccc(-c6ccccc6)cc45)n3)cccc21. The minimum absolute atomic E-state index is 0.141. The van der Waals surface area contributed by atoms with Gasteiger partial charge in [-0.15, -0.1) is 0 Å². The second-order valence-corrected chi connectivity index (χ2v) is 13.6. The molecule has 0 atom stereocenters. The summed E-state index contributed by atoms with van der Waals surface area (Å²) in [5, 5.41) is 4.15. The second-order valence-electron chi connectivity index (χ2n) is 13.6. The fourth-order valence-electron chi connectivity index (χ4n) is 7.87. The van der Waals surface area contributed by atoms with E-state index in [2.05, 4.69) is 129 Å². The molecule has 0 unspecified atom stereocenters. The van der Waals surface area contributed by atoms with Crippen LogP contribution >= 0.6 is 0 Å². The number of rotatable bonds is 4. The summed E-state index contributed by atoms with van der Waals surface area (Å²) in [7, 11) is 0. The molecule has 0 saturated heterocycles. The number of hydrogen-bond acceptors (Lipinski definition) is 4. The Kier molecular flexibility index (Phi) is 6.19. The Hall–Kier alpha value is -6.39. The third-order valence-corrected chi connectivity index (χ3v) is 10.3. The molecule has 236 valence electrons. The van der Waals surface area contributed by atoms with E-state index < -0.39 is 0 Å². The summed E-state index contributed by atoms with van der Waals surface area (Å²) >= 11 is 0. The molecule has 4 heteroatoms. The Morgan fingerprint density at radius 1 is 0.420 bits per heavy atom. The van der Waals surface area contributed by atoms with E-state index in [9.17, 15) is 0 Å². The van der Waals surface area contributed by atoms with Crippen molar-refractivity contribution in [1.82, 2.24) is 15.0 Å². The minimum atomic E-state index is -0.141. The average Bonchev–Trinajstić information content (AvgIpc) is 3.67. The Morgan fingerprint density at radius 2 is 1.06 bits per heavy atom. The quantitative estimate of drug-likeness (QED) is 0.192. The molecule has 9 aromatic rings. The van der Waals surface area contributed by atoms with Crippen molar-refractivity contribution in [3.05, 3.63) is 163 Å². The Morgan fingerprint density at radius 3 is 1.88 bits per heavy atom. The molecule has 0 N–H and O–H groups in total. The molecule has 0 spiro atoms. The smallest absolute Gasteiger partial charge is 0.164 e. The van der Waals surface area contributed by atoms with Crippen molar-refractivity contribution in [2.24, 2.45) is 0 Å². The second kappa shape index (κ2) is 10.8. The molecular formula is C46H31N3O. The minimum Gasteiger partial charge on any atom is -0.455 e. The predicted molar refractivity (Wildman–Crippen MR) is 204 cm³/mol. The van der Waals surface area contributed by atoms with E-state index in [1.807, 2.05) is 36.4 Å². The number of para-hydroxylation sites is 1. The van der Waals surface area contributed by atoms with Crippen LogP contribution in [0.4, 0.5) is 0 Å². The highest BCUT2D eigenvalue weighted by Gasteiger charge is 2.37. The van der Waals surface area contributed by atoms with Crippen LogP contribution in [0.15, 0.2) is 156 Å². The lowest BCUT2D eigenvalue weighted by Gasteiger charge is -2.21. The molecule has 0 aliphatic heterocycles. The zero-order valence-electron chi connectivity index (χ0n) is 27.7. The molecule has 4 nitrogen and oxygen atoms in total. The number of hydrogen-bond donors (Lipinski definition) is 0. The predicted octanol–water partition coefficient (Wildman–Crippen LogP) is 11.9. The molecule has 7 aromatic carbocycles. The molecule has 1 aliphatic rings. The Balaban J connectivity index is 1.30. The summed E-state index contributed by atoms with van der Waals surface area (Å²) in [6.07, 6.45) is 0. The number of fused-ring (bicyclic) bond motifs is 8. The van der Waals surface area contributed by atoms with E-state index in [-0.39, 0.29) is 5.41 Å². The first-order chi connectivity index (χ1) is 24.5. The maximum absolute atomic E-state index is 6.54. The largest absolute Gasteiger partial charge is 0.455 e. The standard InChI is InChI=1S/C46H31N3O/c1-46(2)38-21-11-9-19-33(38)41-34(20-13-22-39(41)46)44-47-43(29-16-7-4-8-17-29)48-45(49-44)37-27-36-31-18-10-12-23-40(31)50-42(36)32-25-24-30(26-35(32)37)28-14-5-3-6-15-28/h3-27H,1-2H3. The van der Waals surface area contributed by atoms with Crippen molar-refractivity contribution in [2.75, 3.05) is 0 Å². The molecule has 10 rings (SSSR count). The van der Waals surface area contributed by atoms with Crippen molar-refractivity contribution in [1.29, 1.82) is 0 Å². The van der Waals surface area contributed by atoms with Gasteiger partial charge in [0.15, 0.2) is 17.5 Å². The van der Waals surface area contributed by atoms with E-state index in [1.165, 1.54) is 22.3 Å². The molecule has 0 amide bonds. The number of benzene rings is 7. The fraction of sp³-hybridized carbons (Fsp3) is 0.0652. The normalized spacial score (nSPS) is 13.2. The molecule has 0 bridgehead atoms. The van der Waals surface area contributed by atoms with Crippen molar-refractivity contribution in [3.63, 3.8) is 0 Å². The van der Waals surface area contributed by atoms with Crippen molar-refractivity contribution >= 4 is 32.7 Å². The van der Waals surface area contributed by atoms with Gasteiger partial charge in [-0.25, -0.2) is 15.0 Å². The lowest BCUT2D eigenvalue weighted by molar-refractivity contribution is 0.660. The molecule has 2 heterocycles. The molecule has 2 aromatic heterocycles. The first-order valence-electron chi connectivity index (χ1n) is 17.0. The first kappa shape index (κ1) is 28.6. The van der Waals surface area contributed by atoms with Crippen LogP contribution in [0.5, 0.6) is 0 Å². The van der Waals surface area contributed by atoms with Crippen LogP contribution in [0, 0.1) is 0 Å². The van der Waals surface area contributed by atoms with Gasteiger partial charge in [0.2, 0.25) is 0 Å². The zero-order valence-corrected chi connectivity index (χ0v) is 27.7. The van der Waals surface area contributed by atoms with Crippen LogP contribution in [0.3, 0.4) is 0 Å². The van der Waals surface area contributed by atoms with Crippen LogP contribution in [-0.4, -0.2) is 15.0 Å². The van der Waals surface area contributed by atoms with Crippen molar-refractivity contribution < 1.29 is 4.42 Å². The topological polar surface area (TPSA) is 51.8 Å². The van der Waals surface area contributed by atoms with Crippen LogP contribution in [0.25, 0.3) is 89.1 Å². The summed E-state index contributed by atoms with van der Waals surface area (Å²) in [6.45, 7) is 4.60. The number of nitrogens with zero attached hydrogens (tertiary/aromatic N) is 3. The molecule has 0 fully saturated rings. The summed E-state index contributed by atoms with van der Waals surface area (Å²) < 4.78 is 6.54. The van der Waals surface area contributed by atoms with Crippen LogP contribution in [0.2, 0.25) is 0 Å². The van der Waals surface area contributed by atoms with Gasteiger partial charge in [0, 0.05) is 38.3 Å². The van der Waals surface area contributed by atoms with Gasteiger partial charge in [0.1, 0.15) is 11.2 Å². The van der Waals surface area contributed by atoms with Crippen LogP contribution < -0.4 is 0 Å². The summed E-state index contributed by atoms with van der Waals surface area (Å²) in [5.41, 5.74) is 11.7. The molecule has 0 radical (unpaired) electrons. The maximum atomic E-state index is 6.54. The lowest BCUT2D eigenvalue weighted by atomic mass is 9.82. The molecule has 1 aliphatic carbocycles. The number of aromatic nitrogens is 3. The fourth-order valence-corrected chi connectivity index (χ4v) is 7.87. The zero-order chi connectivity index (χ0) is 33.4. The third-order valence-electron chi connectivity index (χ3n) is 10.3. The van der Waals surface area contributed by atoms with Gasteiger partial charge >= 0.3 is 0 Å². The molecule has 50 heavy (non-hydrogen) atoms. The highest BCUT2D eigenvalue weighted by Crippen LogP contribution is 2.52. The maximum Gasteiger partial charge on any atom is 0.164 e. The lowest BCUT2D eigenvalue weighted by Crippen LogP contribution is -2.14. The van der Waals surface area contributed by atoms with Crippen molar-refractivity contribution in [3.8, 4) is 56.4 Å². The van der Waals surface area contributed by atoms with E-state index in [4.69, 9.17) is 19.4 Å². The average molecular weight is 642 g/mol. The van der Waals surface area contributed by atoms with E-state index >= 15 is 0 Å². The summed E-state index contributed by atoms with van der Waals surface area (Å²) in [6, 6.07) is 53.0. The monoisotopic (exact) mass is 641 g/mol. The van der Waals surface area contributed by atoms with Gasteiger partial charge in [0.25, 0.3) is 0 Å². The van der Waals surface area contributed by atoms with Gasteiger partial charge in [-0.3, -0.25) is 0 Å². The number of furan rings is 1. The van der Waals surface area contributed by atoms with Gasteiger partial charge in [-0.05, 0) is 63.0 Å². The first-order valence-corrected chi connectivity index (χ1v) is 17.0. The van der Waals surface area contributed by atoms with Gasteiger partial charge in [0.05, 0.1) is 0 Å². The van der Waals surface area contributed by atoms with E-state index in [0.29, 0.717) is 17.5 Å². The van der Waals surface area contributed by atoms with Crippen LogP contribution in [0.1, 0.15) is 25.0 Å². The highest BCUT2D eigenvalue weighted by molar-refractivity contribution is 6.19. The van der Waals surface area contributed by atoms with Crippen molar-refractivity contribution in [2.45, 2.75) is 19.3 Å². The van der Waals surface area contributed by atoms with E-state index in [1.54, 1.807) is 0 Å². The Labute approximate surface area is 289 Å². The van der Waals surface area contributed by atoms with Gasteiger partial charge in [-0.1, -0.05) is 141 Å². The molecule has 0 saturated carbocycles. The van der Waals surface area contributed by atoms with Gasteiger partial charge < -0.3 is 4.42 Å². The van der Waals surface area contributed by atoms with Gasteiger partial charge in [-0.2, -0.15) is 0 Å². The summed E-state index contributed by atoms with van der Waals surface area (Å²) in [5.74, 6) is 1.92. The third kappa shape index (κ3) is 4.28. The van der Waals surface area contributed by atoms with E-state index in [0.717, 1.165) is 60.5 Å².